The number of thiophene rings is 1. The van der Waals surface area contributed by atoms with Crippen molar-refractivity contribution in [2.24, 2.45) is 0 Å². The first-order valence-electron chi connectivity index (χ1n) is 8.02. The fourth-order valence-corrected chi connectivity index (χ4v) is 2.95. The topological polar surface area (TPSA) is 79.8 Å². The van der Waals surface area contributed by atoms with Crippen molar-refractivity contribution in [1.29, 1.82) is 0 Å². The summed E-state index contributed by atoms with van der Waals surface area (Å²) in [4.78, 5) is 24.9. The minimum Gasteiger partial charge on any atom is -0.351 e. The Hall–Kier alpha value is -2.09. The van der Waals surface area contributed by atoms with Crippen LogP contribution < -0.4 is 10.6 Å². The molecule has 1 atom stereocenters. The second kappa shape index (κ2) is 8.68. The number of nitrogens with zero attached hydrogens (tertiary/aromatic N) is 3. The molecule has 0 saturated heterocycles. The van der Waals surface area contributed by atoms with Gasteiger partial charge < -0.3 is 5.32 Å². The average molecular weight is 351 g/mol. The van der Waals surface area contributed by atoms with Crippen LogP contribution in [0.5, 0.6) is 0 Å². The lowest BCUT2D eigenvalue weighted by atomic mass is 10.1. The summed E-state index contributed by atoms with van der Waals surface area (Å²) in [6.45, 7) is 5.56. The van der Waals surface area contributed by atoms with Crippen LogP contribution in [0.3, 0.4) is 0 Å². The van der Waals surface area contributed by atoms with E-state index < -0.39 is 0 Å². The molecule has 0 bridgehead atoms. The van der Waals surface area contributed by atoms with Gasteiger partial charge in [0, 0.05) is 17.3 Å². The molecule has 2 aromatic heterocycles. The normalized spacial score (nSPS) is 12.0. The maximum absolute atomic E-state index is 13.5. The van der Waals surface area contributed by atoms with Crippen LogP contribution in [0.4, 0.5) is 16.3 Å². The first-order chi connectivity index (χ1) is 11.5. The summed E-state index contributed by atoms with van der Waals surface area (Å²) in [5.41, 5.74) is 0. The fourth-order valence-electron chi connectivity index (χ4n) is 2.19. The summed E-state index contributed by atoms with van der Waals surface area (Å²) < 4.78 is 13.5. The Bertz CT molecular complexity index is 691. The lowest BCUT2D eigenvalue weighted by Crippen LogP contribution is -2.22. The van der Waals surface area contributed by atoms with Gasteiger partial charge in [-0.3, -0.25) is 10.1 Å². The molecule has 2 heterocycles. The largest absolute Gasteiger partial charge is 0.351 e. The van der Waals surface area contributed by atoms with E-state index >= 15 is 0 Å². The van der Waals surface area contributed by atoms with Crippen molar-refractivity contribution >= 4 is 29.1 Å². The molecule has 0 fully saturated rings. The summed E-state index contributed by atoms with van der Waals surface area (Å²) in [5.74, 6) is 0.906. The zero-order chi connectivity index (χ0) is 17.5. The molecule has 8 heteroatoms. The number of nitrogens with one attached hydrogen (secondary N) is 2. The summed E-state index contributed by atoms with van der Waals surface area (Å²) in [5, 5.41) is 7.65. The van der Waals surface area contributed by atoms with Crippen molar-refractivity contribution in [3.8, 4) is 0 Å². The van der Waals surface area contributed by atoms with Crippen molar-refractivity contribution in [2.45, 2.75) is 52.5 Å². The van der Waals surface area contributed by atoms with E-state index in [1.54, 1.807) is 19.2 Å². The highest BCUT2D eigenvalue weighted by molar-refractivity contribution is 7.09. The first-order valence-corrected chi connectivity index (χ1v) is 8.90. The second-order valence-corrected chi connectivity index (χ2v) is 6.41. The van der Waals surface area contributed by atoms with Gasteiger partial charge in [-0.05, 0) is 37.6 Å². The number of carbonyl (C=O) groups is 1. The molecule has 24 heavy (non-hydrogen) atoms. The third-order valence-corrected chi connectivity index (χ3v) is 4.51. The van der Waals surface area contributed by atoms with Gasteiger partial charge in [-0.2, -0.15) is 15.0 Å². The molecule has 2 N–H and O–H groups in total. The van der Waals surface area contributed by atoms with E-state index in [2.05, 4.69) is 32.5 Å². The lowest BCUT2D eigenvalue weighted by Gasteiger charge is -2.17. The van der Waals surface area contributed by atoms with Crippen molar-refractivity contribution in [3.05, 3.63) is 28.0 Å². The van der Waals surface area contributed by atoms with E-state index in [1.165, 1.54) is 17.4 Å². The number of hydrogen-bond donors (Lipinski definition) is 2. The van der Waals surface area contributed by atoms with Gasteiger partial charge in [-0.15, -0.1) is 11.3 Å². The highest BCUT2D eigenvalue weighted by atomic mass is 32.1. The van der Waals surface area contributed by atoms with E-state index in [1.807, 2.05) is 0 Å². The van der Waals surface area contributed by atoms with Crippen molar-refractivity contribution in [2.75, 3.05) is 10.6 Å². The number of aryl methyl sites for hydroxylation is 2. The minimum atomic E-state index is -0.147. The molecule has 6 nitrogen and oxygen atoms in total. The first kappa shape index (κ1) is 18.3. The molecule has 0 aliphatic heterocycles. The summed E-state index contributed by atoms with van der Waals surface area (Å²) in [6.07, 6.45) is 2.65. The van der Waals surface area contributed by atoms with E-state index in [0.717, 1.165) is 17.7 Å². The van der Waals surface area contributed by atoms with E-state index in [9.17, 15) is 9.18 Å². The number of amides is 1. The molecular weight excluding hydrogens is 329 g/mol. The Balaban J connectivity index is 2.01. The van der Waals surface area contributed by atoms with Crippen LogP contribution in [0.25, 0.3) is 0 Å². The number of aromatic nitrogens is 3. The zero-order valence-corrected chi connectivity index (χ0v) is 14.9. The molecule has 0 saturated carbocycles. The highest BCUT2D eigenvalue weighted by Gasteiger charge is 2.13. The van der Waals surface area contributed by atoms with E-state index in [4.69, 9.17) is 0 Å². The van der Waals surface area contributed by atoms with Crippen LogP contribution in [0.1, 0.15) is 43.8 Å². The lowest BCUT2D eigenvalue weighted by molar-refractivity contribution is -0.115. The van der Waals surface area contributed by atoms with Gasteiger partial charge in [-0.25, -0.2) is 4.39 Å². The van der Waals surface area contributed by atoms with Gasteiger partial charge in [0.15, 0.2) is 0 Å². The van der Waals surface area contributed by atoms with Crippen LogP contribution in [-0.4, -0.2) is 26.9 Å². The summed E-state index contributed by atoms with van der Waals surface area (Å²) in [7, 11) is 0. The zero-order valence-electron chi connectivity index (χ0n) is 14.1. The van der Waals surface area contributed by atoms with Gasteiger partial charge in [0.25, 0.3) is 0 Å². The van der Waals surface area contributed by atoms with Gasteiger partial charge in [0.1, 0.15) is 11.6 Å². The SMILES string of the molecule is CCC(=O)Nc1nc(C)nc(NC(CC)CCc2sccc2F)n1. The standard InChI is InChI=1S/C16H22FN5OS/c1-4-11(6-7-13-12(17)8-9-24-13)20-15-18-10(3)19-16(22-15)21-14(23)5-2/h8-9,11H,4-7H2,1-3H3,(H2,18,19,20,21,22,23). The van der Waals surface area contributed by atoms with Gasteiger partial charge >= 0.3 is 0 Å². The molecule has 0 aromatic carbocycles. The average Bonchev–Trinajstić information content (AvgIpc) is 2.95. The smallest absolute Gasteiger partial charge is 0.234 e. The molecule has 130 valence electrons. The fraction of sp³-hybridized carbons (Fsp3) is 0.500. The quantitative estimate of drug-likeness (QED) is 0.760. The molecule has 2 rings (SSSR count). The summed E-state index contributed by atoms with van der Waals surface area (Å²) >= 11 is 1.43. The maximum atomic E-state index is 13.5. The van der Waals surface area contributed by atoms with Crippen LogP contribution in [-0.2, 0) is 11.2 Å². The van der Waals surface area contributed by atoms with Crippen LogP contribution in [0.2, 0.25) is 0 Å². The molecule has 2 aromatic rings. The molecule has 0 aliphatic carbocycles. The molecule has 0 spiro atoms. The number of hydrogen-bond acceptors (Lipinski definition) is 6. The maximum Gasteiger partial charge on any atom is 0.234 e. The third-order valence-electron chi connectivity index (χ3n) is 3.56. The number of carbonyl (C=O) groups excluding carboxylic acids is 1. The Morgan fingerprint density at radius 3 is 2.67 bits per heavy atom. The predicted octanol–water partition coefficient (Wildman–Crippen LogP) is 3.55. The van der Waals surface area contributed by atoms with Crippen LogP contribution in [0.15, 0.2) is 11.4 Å². The molecular formula is C16H22FN5OS. The Morgan fingerprint density at radius 1 is 1.29 bits per heavy atom. The Labute approximate surface area is 144 Å². The van der Waals surface area contributed by atoms with E-state index in [-0.39, 0.29) is 23.7 Å². The number of rotatable bonds is 8. The third kappa shape index (κ3) is 5.23. The summed E-state index contributed by atoms with van der Waals surface area (Å²) in [6, 6.07) is 1.61. The predicted molar refractivity (Wildman–Crippen MR) is 93.8 cm³/mol. The van der Waals surface area contributed by atoms with E-state index in [0.29, 0.717) is 24.6 Å². The molecule has 0 aliphatic rings. The minimum absolute atomic E-state index is 0.114. The van der Waals surface area contributed by atoms with Crippen LogP contribution in [0, 0.1) is 12.7 Å². The Kier molecular flexibility index (Phi) is 6.60. The second-order valence-electron chi connectivity index (χ2n) is 5.41. The molecule has 0 radical (unpaired) electrons. The van der Waals surface area contributed by atoms with Crippen molar-refractivity contribution in [3.63, 3.8) is 0 Å². The van der Waals surface area contributed by atoms with Gasteiger partial charge in [0.2, 0.25) is 17.8 Å². The Morgan fingerprint density at radius 2 is 2.04 bits per heavy atom. The molecule has 1 amide bonds. The van der Waals surface area contributed by atoms with Crippen molar-refractivity contribution in [1.82, 2.24) is 15.0 Å². The van der Waals surface area contributed by atoms with Crippen molar-refractivity contribution < 1.29 is 9.18 Å². The number of anilines is 2. The van der Waals surface area contributed by atoms with Gasteiger partial charge in [-0.1, -0.05) is 13.8 Å². The molecule has 1 unspecified atom stereocenters. The monoisotopic (exact) mass is 351 g/mol. The van der Waals surface area contributed by atoms with Gasteiger partial charge in [0.05, 0.1) is 0 Å². The van der Waals surface area contributed by atoms with Crippen LogP contribution >= 0.6 is 11.3 Å². The highest BCUT2D eigenvalue weighted by Crippen LogP contribution is 2.19. The number of halogens is 1.